The molecule has 1 saturated carbocycles. The van der Waals surface area contributed by atoms with Gasteiger partial charge in [-0.15, -0.1) is 0 Å². The molecule has 0 unspecified atom stereocenters. The molecule has 142 valence electrons. The third-order valence-corrected chi connectivity index (χ3v) is 5.47. The molecule has 3 aromatic heterocycles. The number of hydrogen-bond donors (Lipinski definition) is 0. The van der Waals surface area contributed by atoms with Gasteiger partial charge in [-0.05, 0) is 43.7 Å². The van der Waals surface area contributed by atoms with Crippen molar-refractivity contribution in [3.05, 3.63) is 36.5 Å². The Balaban J connectivity index is 1.43. The van der Waals surface area contributed by atoms with Gasteiger partial charge in [-0.1, -0.05) is 43.8 Å². The molecule has 3 aromatic rings. The number of pyridine rings is 1. The van der Waals surface area contributed by atoms with Crippen molar-refractivity contribution in [1.82, 2.24) is 29.9 Å². The maximum Gasteiger partial charge on any atom is 0.295 e. The standard InChI is InChI=1S/C20H26N6O/c1-2-3-4-7-15-9-11-16(12-10-15)18-24-20(27-25-18)19-22-14-23-26(19)17-8-5-6-13-21-17/h5-6,8,13-16H,2-4,7,9-12H2,1H3/t15-,16-. The van der Waals surface area contributed by atoms with Crippen LogP contribution in [0.5, 0.6) is 0 Å². The van der Waals surface area contributed by atoms with Crippen molar-refractivity contribution >= 4 is 0 Å². The van der Waals surface area contributed by atoms with Gasteiger partial charge in [0.05, 0.1) is 0 Å². The average Bonchev–Trinajstić information content (AvgIpc) is 3.39. The Morgan fingerprint density at radius 1 is 1.11 bits per heavy atom. The molecule has 7 heteroatoms. The van der Waals surface area contributed by atoms with E-state index in [-0.39, 0.29) is 0 Å². The summed E-state index contributed by atoms with van der Waals surface area (Å²) in [5.41, 5.74) is 0. The predicted molar refractivity (Wildman–Crippen MR) is 101 cm³/mol. The molecule has 0 atom stereocenters. The van der Waals surface area contributed by atoms with E-state index in [1.165, 1.54) is 44.9 Å². The summed E-state index contributed by atoms with van der Waals surface area (Å²) in [6.45, 7) is 2.26. The van der Waals surface area contributed by atoms with Gasteiger partial charge < -0.3 is 4.52 Å². The normalized spacial score (nSPS) is 20.0. The van der Waals surface area contributed by atoms with E-state index < -0.39 is 0 Å². The summed E-state index contributed by atoms with van der Waals surface area (Å²) >= 11 is 0. The first kappa shape index (κ1) is 17.8. The summed E-state index contributed by atoms with van der Waals surface area (Å²) < 4.78 is 7.15. The number of unbranched alkanes of at least 4 members (excludes halogenated alkanes) is 2. The molecule has 4 rings (SSSR count). The molecule has 27 heavy (non-hydrogen) atoms. The summed E-state index contributed by atoms with van der Waals surface area (Å²) in [6.07, 6.45) is 13.4. The molecule has 0 amide bonds. The second kappa shape index (κ2) is 8.41. The van der Waals surface area contributed by atoms with Crippen LogP contribution in [0, 0.1) is 5.92 Å². The molecule has 1 fully saturated rings. The first-order valence-corrected chi connectivity index (χ1v) is 10.0. The van der Waals surface area contributed by atoms with Crippen molar-refractivity contribution in [2.75, 3.05) is 0 Å². The molecule has 0 radical (unpaired) electrons. The minimum atomic E-state index is 0.385. The molecule has 0 N–H and O–H groups in total. The van der Waals surface area contributed by atoms with E-state index >= 15 is 0 Å². The zero-order valence-corrected chi connectivity index (χ0v) is 15.8. The van der Waals surface area contributed by atoms with Crippen LogP contribution in [0.4, 0.5) is 0 Å². The van der Waals surface area contributed by atoms with Gasteiger partial charge in [0.25, 0.3) is 5.89 Å². The first-order valence-electron chi connectivity index (χ1n) is 10.0. The van der Waals surface area contributed by atoms with Crippen molar-refractivity contribution in [2.45, 2.75) is 64.2 Å². The third kappa shape index (κ3) is 4.07. The van der Waals surface area contributed by atoms with Gasteiger partial charge in [0.1, 0.15) is 6.33 Å². The third-order valence-electron chi connectivity index (χ3n) is 5.47. The Morgan fingerprint density at radius 3 is 2.78 bits per heavy atom. The summed E-state index contributed by atoms with van der Waals surface area (Å²) in [5.74, 6) is 3.66. The van der Waals surface area contributed by atoms with Crippen LogP contribution in [0.25, 0.3) is 17.5 Å². The topological polar surface area (TPSA) is 82.5 Å². The van der Waals surface area contributed by atoms with Crippen LogP contribution >= 0.6 is 0 Å². The Hall–Kier alpha value is -2.57. The highest BCUT2D eigenvalue weighted by molar-refractivity contribution is 5.44. The highest BCUT2D eigenvalue weighted by atomic mass is 16.5. The number of rotatable bonds is 7. The Kier molecular flexibility index (Phi) is 5.55. The Bertz CT molecular complexity index is 835. The van der Waals surface area contributed by atoms with Crippen LogP contribution in [0.1, 0.15) is 70.0 Å². The number of nitrogens with zero attached hydrogens (tertiary/aromatic N) is 6. The van der Waals surface area contributed by atoms with Crippen molar-refractivity contribution in [1.29, 1.82) is 0 Å². The minimum Gasteiger partial charge on any atom is -0.330 e. The zero-order chi connectivity index (χ0) is 18.5. The second-order valence-corrected chi connectivity index (χ2v) is 7.35. The lowest BCUT2D eigenvalue weighted by atomic mass is 9.79. The van der Waals surface area contributed by atoms with Crippen molar-refractivity contribution < 1.29 is 4.52 Å². The number of hydrogen-bond acceptors (Lipinski definition) is 6. The lowest BCUT2D eigenvalue weighted by molar-refractivity contribution is 0.291. The summed E-state index contributed by atoms with van der Waals surface area (Å²) in [6, 6.07) is 5.64. The van der Waals surface area contributed by atoms with Crippen LogP contribution in [-0.2, 0) is 0 Å². The molecule has 3 heterocycles. The van der Waals surface area contributed by atoms with E-state index in [1.54, 1.807) is 10.9 Å². The lowest BCUT2D eigenvalue weighted by Gasteiger charge is -2.26. The van der Waals surface area contributed by atoms with E-state index in [0.29, 0.717) is 23.5 Å². The zero-order valence-electron chi connectivity index (χ0n) is 15.8. The lowest BCUT2D eigenvalue weighted by Crippen LogP contribution is -2.14. The van der Waals surface area contributed by atoms with E-state index in [1.807, 2.05) is 18.2 Å². The molecule has 0 bridgehead atoms. The highest BCUT2D eigenvalue weighted by Gasteiger charge is 2.27. The van der Waals surface area contributed by atoms with Crippen molar-refractivity contribution in [3.63, 3.8) is 0 Å². The molecular formula is C20H26N6O. The fraction of sp³-hybridized carbons (Fsp3) is 0.550. The van der Waals surface area contributed by atoms with Gasteiger partial charge in [0.15, 0.2) is 11.6 Å². The summed E-state index contributed by atoms with van der Waals surface area (Å²) in [4.78, 5) is 13.2. The molecule has 0 saturated heterocycles. The Morgan fingerprint density at radius 2 is 2.00 bits per heavy atom. The fourth-order valence-electron chi connectivity index (χ4n) is 3.92. The van der Waals surface area contributed by atoms with Gasteiger partial charge >= 0.3 is 0 Å². The predicted octanol–water partition coefficient (Wildman–Crippen LogP) is 4.57. The second-order valence-electron chi connectivity index (χ2n) is 7.35. The van der Waals surface area contributed by atoms with E-state index in [4.69, 9.17) is 4.52 Å². The molecule has 0 spiro atoms. The van der Waals surface area contributed by atoms with Gasteiger partial charge in [-0.25, -0.2) is 9.97 Å². The largest absolute Gasteiger partial charge is 0.330 e. The fourth-order valence-corrected chi connectivity index (χ4v) is 3.92. The smallest absolute Gasteiger partial charge is 0.295 e. The van der Waals surface area contributed by atoms with Gasteiger partial charge in [0, 0.05) is 12.1 Å². The van der Waals surface area contributed by atoms with Gasteiger partial charge in [-0.2, -0.15) is 14.8 Å². The highest BCUT2D eigenvalue weighted by Crippen LogP contribution is 2.37. The summed E-state index contributed by atoms with van der Waals surface area (Å²) in [5, 5.41) is 8.49. The minimum absolute atomic E-state index is 0.385. The number of aromatic nitrogens is 6. The quantitative estimate of drug-likeness (QED) is 0.570. The molecule has 0 aromatic carbocycles. The van der Waals surface area contributed by atoms with E-state index in [2.05, 4.69) is 32.1 Å². The summed E-state index contributed by atoms with van der Waals surface area (Å²) in [7, 11) is 0. The molecule has 0 aliphatic heterocycles. The maximum absolute atomic E-state index is 5.52. The van der Waals surface area contributed by atoms with Crippen molar-refractivity contribution in [3.8, 4) is 17.5 Å². The monoisotopic (exact) mass is 366 g/mol. The SMILES string of the molecule is CCCCC[C@H]1CC[C@H](c2noc(-c3ncnn3-c3ccccn3)n2)CC1. The van der Waals surface area contributed by atoms with Crippen LogP contribution in [0.3, 0.4) is 0 Å². The average molecular weight is 366 g/mol. The maximum atomic E-state index is 5.52. The molecular weight excluding hydrogens is 340 g/mol. The first-order chi connectivity index (χ1) is 13.3. The van der Waals surface area contributed by atoms with Gasteiger partial charge in [-0.3, -0.25) is 0 Å². The van der Waals surface area contributed by atoms with Crippen molar-refractivity contribution in [2.24, 2.45) is 5.92 Å². The van der Waals surface area contributed by atoms with Gasteiger partial charge in [0.2, 0.25) is 5.82 Å². The molecule has 1 aliphatic rings. The molecule has 7 nitrogen and oxygen atoms in total. The van der Waals surface area contributed by atoms with Crippen LogP contribution in [0.2, 0.25) is 0 Å². The van der Waals surface area contributed by atoms with E-state index in [9.17, 15) is 0 Å². The van der Waals surface area contributed by atoms with Crippen LogP contribution < -0.4 is 0 Å². The van der Waals surface area contributed by atoms with E-state index in [0.717, 1.165) is 24.6 Å². The van der Waals surface area contributed by atoms with Crippen LogP contribution in [-0.4, -0.2) is 29.9 Å². The molecule has 1 aliphatic carbocycles. The van der Waals surface area contributed by atoms with Crippen LogP contribution in [0.15, 0.2) is 35.2 Å². The Labute approximate surface area is 159 Å².